The molecule has 0 N–H and O–H groups in total. The van der Waals surface area contributed by atoms with E-state index in [-0.39, 0.29) is 32.7 Å². The molecular weight excluding hydrogens is 283 g/mol. The Labute approximate surface area is 130 Å². The number of nitrogens with zero attached hydrogens (tertiary/aromatic N) is 1. The molecule has 3 rings (SSSR count). The van der Waals surface area contributed by atoms with E-state index in [1.807, 2.05) is 0 Å². The summed E-state index contributed by atoms with van der Waals surface area (Å²) in [6.45, 7) is 5.93. The van der Waals surface area contributed by atoms with Crippen molar-refractivity contribution in [1.82, 2.24) is 4.90 Å². The molecule has 1 atom stereocenters. The van der Waals surface area contributed by atoms with Crippen molar-refractivity contribution >= 4 is 0 Å². The molecule has 0 radical (unpaired) electrons. The van der Waals surface area contributed by atoms with E-state index in [4.69, 9.17) is 0 Å². The van der Waals surface area contributed by atoms with Crippen LogP contribution >= 0.6 is 0 Å². The van der Waals surface area contributed by atoms with Gasteiger partial charge in [-0.25, -0.2) is 0 Å². The van der Waals surface area contributed by atoms with Gasteiger partial charge in [0.1, 0.15) is 0 Å². The third kappa shape index (κ3) is 2.05. The Kier molecular flexibility index (Phi) is 3.83. The molecule has 2 aliphatic rings. The van der Waals surface area contributed by atoms with Crippen LogP contribution in [0.5, 0.6) is 0 Å². The van der Waals surface area contributed by atoms with Gasteiger partial charge >= 0.3 is 32.7 Å². The van der Waals surface area contributed by atoms with Crippen molar-refractivity contribution in [3.8, 4) is 0 Å². The molecule has 0 bridgehead atoms. The van der Waals surface area contributed by atoms with Crippen molar-refractivity contribution in [3.63, 3.8) is 0 Å². The van der Waals surface area contributed by atoms with Gasteiger partial charge in [-0.3, -0.25) is 5.92 Å². The fourth-order valence-electron chi connectivity index (χ4n) is 3.60. The molecule has 86 valence electrons. The monoisotopic (exact) mass is 303 g/mol. The van der Waals surface area contributed by atoms with Crippen LogP contribution in [0.2, 0.25) is 0 Å². The van der Waals surface area contributed by atoms with Crippen LogP contribution in [0.25, 0.3) is 0 Å². The zero-order valence-corrected chi connectivity index (χ0v) is 13.9. The number of rotatable bonds is 0. The summed E-state index contributed by atoms with van der Waals surface area (Å²) in [5.74, 6) is 1.69. The van der Waals surface area contributed by atoms with E-state index in [2.05, 4.69) is 50.1 Å². The summed E-state index contributed by atoms with van der Waals surface area (Å²) in [6, 6.07) is 9.61. The first-order chi connectivity index (χ1) is 7.62. The minimum absolute atomic E-state index is 0. The predicted molar refractivity (Wildman–Crippen MR) is 67.3 cm³/mol. The zero-order chi connectivity index (χ0) is 11.3. The van der Waals surface area contributed by atoms with Crippen LogP contribution in [-0.2, 0) is 45.6 Å². The second-order valence-corrected chi connectivity index (χ2v) is 5.68. The van der Waals surface area contributed by atoms with Crippen LogP contribution in [-0.4, -0.2) is 24.5 Å². The minimum atomic E-state index is 0. The Morgan fingerprint density at radius 3 is 2.18 bits per heavy atom. The van der Waals surface area contributed by atoms with Gasteiger partial charge in [0, 0.05) is 0 Å². The molecule has 1 aliphatic carbocycles. The van der Waals surface area contributed by atoms with E-state index >= 15 is 0 Å². The largest absolute Gasteiger partial charge is 3.00 e. The summed E-state index contributed by atoms with van der Waals surface area (Å²) in [4.78, 5) is 2.50. The Morgan fingerprint density at radius 2 is 1.76 bits per heavy atom. The van der Waals surface area contributed by atoms with Crippen molar-refractivity contribution in [2.24, 2.45) is 5.41 Å². The number of likely N-dealkylation sites (tertiary alicyclic amines) is 1. The predicted octanol–water partition coefficient (Wildman–Crippen LogP) is 2.70. The van der Waals surface area contributed by atoms with Crippen molar-refractivity contribution in [2.45, 2.75) is 32.7 Å². The molecule has 1 aromatic rings. The van der Waals surface area contributed by atoms with Gasteiger partial charge in [0.15, 0.2) is 0 Å². The SMILES string of the molecule is C[C-]1C(C)N(C)CC12Cc1ccccc1C2.[Y+3]. The van der Waals surface area contributed by atoms with Gasteiger partial charge in [0.05, 0.1) is 0 Å². The van der Waals surface area contributed by atoms with E-state index in [1.165, 1.54) is 19.4 Å². The van der Waals surface area contributed by atoms with Crippen molar-refractivity contribution < 1.29 is 32.7 Å². The first-order valence-corrected chi connectivity index (χ1v) is 6.23. The smallest absolute Gasteiger partial charge is 0.335 e. The molecule has 1 unspecified atom stereocenters. The van der Waals surface area contributed by atoms with Crippen LogP contribution in [0.4, 0.5) is 0 Å². The van der Waals surface area contributed by atoms with Gasteiger partial charge in [-0.15, -0.1) is 11.5 Å². The average Bonchev–Trinajstić information content (AvgIpc) is 2.73. The maximum absolute atomic E-state index is 2.50. The number of benzene rings is 1. The van der Waals surface area contributed by atoms with E-state index in [1.54, 1.807) is 17.0 Å². The maximum atomic E-state index is 2.50. The normalized spacial score (nSPS) is 27.1. The van der Waals surface area contributed by atoms with Crippen LogP contribution in [0.15, 0.2) is 24.3 Å². The van der Waals surface area contributed by atoms with E-state index < -0.39 is 0 Å². The van der Waals surface area contributed by atoms with Gasteiger partial charge in [0.25, 0.3) is 0 Å². The standard InChI is InChI=1S/C15H20N.Y/c1-11-12(2)16(3)10-15(11)8-13-6-4-5-7-14(13)9-15;/h4-7,12H,8-10H2,1-3H3;/q-1;+3. The third-order valence-electron chi connectivity index (χ3n) is 4.85. The fourth-order valence-corrected chi connectivity index (χ4v) is 3.60. The quantitative estimate of drug-likeness (QED) is 0.666. The molecule has 0 aromatic heterocycles. The molecule has 1 aliphatic heterocycles. The van der Waals surface area contributed by atoms with Crippen LogP contribution in [0.1, 0.15) is 25.0 Å². The summed E-state index contributed by atoms with van der Waals surface area (Å²) in [5.41, 5.74) is 3.59. The second kappa shape index (κ2) is 4.75. The summed E-state index contributed by atoms with van der Waals surface area (Å²) in [5, 5.41) is 0. The van der Waals surface area contributed by atoms with Crippen molar-refractivity contribution in [1.29, 1.82) is 0 Å². The van der Waals surface area contributed by atoms with Gasteiger partial charge in [-0.2, -0.15) is 6.92 Å². The molecule has 0 amide bonds. The Balaban J connectivity index is 0.00000108. The molecule has 0 saturated carbocycles. The van der Waals surface area contributed by atoms with Gasteiger partial charge in [-0.1, -0.05) is 31.2 Å². The van der Waals surface area contributed by atoms with Crippen LogP contribution < -0.4 is 0 Å². The molecule has 17 heavy (non-hydrogen) atoms. The van der Waals surface area contributed by atoms with Crippen LogP contribution in [0.3, 0.4) is 0 Å². The van der Waals surface area contributed by atoms with Gasteiger partial charge < -0.3 is 4.90 Å². The third-order valence-corrected chi connectivity index (χ3v) is 4.85. The van der Waals surface area contributed by atoms with E-state index in [0.717, 1.165) is 0 Å². The zero-order valence-electron chi connectivity index (χ0n) is 11.0. The molecule has 1 saturated heterocycles. The van der Waals surface area contributed by atoms with Crippen molar-refractivity contribution in [2.75, 3.05) is 13.6 Å². The van der Waals surface area contributed by atoms with E-state index in [0.29, 0.717) is 11.5 Å². The summed E-state index contributed by atoms with van der Waals surface area (Å²) in [7, 11) is 2.26. The molecule has 1 heterocycles. The summed E-state index contributed by atoms with van der Waals surface area (Å²) in [6.07, 6.45) is 2.51. The number of fused-ring (bicyclic) bond motifs is 1. The average molecular weight is 303 g/mol. The Morgan fingerprint density at radius 1 is 1.24 bits per heavy atom. The second-order valence-electron chi connectivity index (χ2n) is 5.68. The number of hydrogen-bond acceptors (Lipinski definition) is 1. The minimum Gasteiger partial charge on any atom is -0.335 e. The molecule has 1 fully saturated rings. The molecule has 1 nitrogen and oxygen atoms in total. The van der Waals surface area contributed by atoms with Crippen molar-refractivity contribution in [3.05, 3.63) is 41.3 Å². The van der Waals surface area contributed by atoms with Gasteiger partial charge in [0.2, 0.25) is 0 Å². The molecule has 1 spiro atoms. The molecule has 2 heteroatoms. The van der Waals surface area contributed by atoms with E-state index in [9.17, 15) is 0 Å². The first kappa shape index (κ1) is 13.7. The molecular formula is C15H20NY+2. The molecule has 1 aromatic carbocycles. The Bertz CT molecular complexity index is 390. The maximum Gasteiger partial charge on any atom is 3.00 e. The van der Waals surface area contributed by atoms with Gasteiger partial charge in [-0.05, 0) is 37.6 Å². The first-order valence-electron chi connectivity index (χ1n) is 6.23. The summed E-state index contributed by atoms with van der Waals surface area (Å²) >= 11 is 0. The topological polar surface area (TPSA) is 3.24 Å². The Hall–Kier alpha value is 0.284. The van der Waals surface area contributed by atoms with Crippen LogP contribution in [0, 0.1) is 11.3 Å². The number of hydrogen-bond donors (Lipinski definition) is 0. The summed E-state index contributed by atoms with van der Waals surface area (Å²) < 4.78 is 0. The fraction of sp³-hybridized carbons (Fsp3) is 0.533.